The molecule has 0 radical (unpaired) electrons. The van der Waals surface area contributed by atoms with Gasteiger partial charge < -0.3 is 9.47 Å². The molecular formula is C17H22Cl2O2. The summed E-state index contributed by atoms with van der Waals surface area (Å²) >= 11 is 12.1. The van der Waals surface area contributed by atoms with Crippen molar-refractivity contribution in [1.29, 1.82) is 0 Å². The highest BCUT2D eigenvalue weighted by Gasteiger charge is 2.33. The summed E-state index contributed by atoms with van der Waals surface area (Å²) in [5.74, 6) is -0.587. The second-order valence-electron chi connectivity index (χ2n) is 5.32. The van der Waals surface area contributed by atoms with Crippen molar-refractivity contribution in [2.45, 2.75) is 44.8 Å². The highest BCUT2D eigenvalue weighted by atomic mass is 35.5. The van der Waals surface area contributed by atoms with Gasteiger partial charge in [-0.2, -0.15) is 0 Å². The van der Waals surface area contributed by atoms with Crippen LogP contribution in [-0.2, 0) is 9.47 Å². The second-order valence-corrected chi connectivity index (χ2v) is 6.16. The Bertz CT molecular complexity index is 480. The van der Waals surface area contributed by atoms with Crippen LogP contribution < -0.4 is 0 Å². The fourth-order valence-electron chi connectivity index (χ4n) is 2.45. The molecule has 2 rings (SSSR count). The van der Waals surface area contributed by atoms with Gasteiger partial charge in [0.15, 0.2) is 5.79 Å². The van der Waals surface area contributed by atoms with Crippen LogP contribution in [0.2, 0.25) is 10.0 Å². The molecular weight excluding hydrogens is 307 g/mol. The van der Waals surface area contributed by atoms with Crippen LogP contribution in [-0.4, -0.2) is 19.0 Å². The predicted octanol–water partition coefficient (Wildman–Crippen LogP) is 5.72. The van der Waals surface area contributed by atoms with E-state index in [2.05, 4.69) is 6.92 Å². The fourth-order valence-corrected chi connectivity index (χ4v) is 2.92. The Kier molecular flexibility index (Phi) is 6.56. The summed E-state index contributed by atoms with van der Waals surface area (Å²) in [6.45, 7) is 3.50. The lowest BCUT2D eigenvalue weighted by molar-refractivity contribution is -0.121. The van der Waals surface area contributed by atoms with Crippen LogP contribution >= 0.6 is 23.2 Å². The molecule has 2 nitrogen and oxygen atoms in total. The predicted molar refractivity (Wildman–Crippen MR) is 88.9 cm³/mol. The monoisotopic (exact) mass is 328 g/mol. The van der Waals surface area contributed by atoms with Gasteiger partial charge in [0.1, 0.15) is 0 Å². The Morgan fingerprint density at radius 3 is 2.57 bits per heavy atom. The Morgan fingerprint density at radius 2 is 1.90 bits per heavy atom. The highest BCUT2D eigenvalue weighted by molar-refractivity contribution is 6.35. The van der Waals surface area contributed by atoms with Gasteiger partial charge in [-0.05, 0) is 30.2 Å². The van der Waals surface area contributed by atoms with Gasteiger partial charge in [0, 0.05) is 16.5 Å². The molecule has 1 aliphatic heterocycles. The lowest BCUT2D eigenvalue weighted by atomic mass is 10.0. The van der Waals surface area contributed by atoms with Crippen LogP contribution in [0.25, 0.3) is 6.08 Å². The second kappa shape index (κ2) is 8.19. The number of unbranched alkanes of at least 4 members (excludes halogenated alkanes) is 3. The van der Waals surface area contributed by atoms with Gasteiger partial charge >= 0.3 is 0 Å². The third-order valence-corrected chi connectivity index (χ3v) is 4.20. The molecule has 1 fully saturated rings. The van der Waals surface area contributed by atoms with E-state index in [9.17, 15) is 0 Å². The molecule has 0 saturated carbocycles. The minimum Gasteiger partial charge on any atom is -0.344 e. The van der Waals surface area contributed by atoms with E-state index in [1.165, 1.54) is 19.3 Å². The van der Waals surface area contributed by atoms with Crippen molar-refractivity contribution in [2.75, 3.05) is 13.2 Å². The minimum absolute atomic E-state index is 0.587. The Morgan fingerprint density at radius 1 is 1.14 bits per heavy atom. The number of rotatable bonds is 7. The number of hydrogen-bond donors (Lipinski definition) is 0. The summed E-state index contributed by atoms with van der Waals surface area (Å²) in [5.41, 5.74) is 0.924. The number of benzene rings is 1. The molecule has 0 aromatic heterocycles. The van der Waals surface area contributed by atoms with E-state index >= 15 is 0 Å². The molecule has 4 heteroatoms. The summed E-state index contributed by atoms with van der Waals surface area (Å²) in [6.07, 6.45) is 9.63. The molecule has 1 aromatic rings. The van der Waals surface area contributed by atoms with Crippen molar-refractivity contribution in [3.8, 4) is 0 Å². The number of halogens is 2. The standard InChI is InChI=1S/C17H22Cl2O2/c1-2-3-4-5-9-17(20-11-12-21-17)10-8-14-6-7-15(18)13-16(14)19/h6-8,10,13H,2-5,9,11-12H2,1H3/b10-8+. The van der Waals surface area contributed by atoms with E-state index in [1.54, 1.807) is 6.07 Å². The summed E-state index contributed by atoms with van der Waals surface area (Å²) in [4.78, 5) is 0. The van der Waals surface area contributed by atoms with Crippen molar-refractivity contribution in [3.05, 3.63) is 39.9 Å². The smallest absolute Gasteiger partial charge is 0.188 e. The number of ether oxygens (including phenoxy) is 2. The number of hydrogen-bond acceptors (Lipinski definition) is 2. The van der Waals surface area contributed by atoms with Crippen molar-refractivity contribution in [2.24, 2.45) is 0 Å². The van der Waals surface area contributed by atoms with Gasteiger partial charge in [-0.15, -0.1) is 0 Å². The van der Waals surface area contributed by atoms with E-state index in [0.717, 1.165) is 18.4 Å². The van der Waals surface area contributed by atoms with E-state index in [4.69, 9.17) is 32.7 Å². The molecule has 0 unspecified atom stereocenters. The molecule has 0 atom stereocenters. The van der Waals surface area contributed by atoms with Crippen LogP contribution in [0.4, 0.5) is 0 Å². The van der Waals surface area contributed by atoms with Crippen LogP contribution in [0, 0.1) is 0 Å². The quantitative estimate of drug-likeness (QED) is 0.596. The molecule has 1 aliphatic rings. The summed E-state index contributed by atoms with van der Waals surface area (Å²) < 4.78 is 11.7. The molecule has 116 valence electrons. The van der Waals surface area contributed by atoms with Gasteiger partial charge in [-0.25, -0.2) is 0 Å². The molecule has 1 aromatic carbocycles. The van der Waals surface area contributed by atoms with Crippen molar-refractivity contribution < 1.29 is 9.47 Å². The Labute approximate surface area is 137 Å². The average Bonchev–Trinajstić information content (AvgIpc) is 2.92. The molecule has 0 amide bonds. The van der Waals surface area contributed by atoms with Crippen molar-refractivity contribution in [3.63, 3.8) is 0 Å². The Hall–Kier alpha value is -0.540. The summed E-state index contributed by atoms with van der Waals surface area (Å²) in [7, 11) is 0. The largest absolute Gasteiger partial charge is 0.344 e. The van der Waals surface area contributed by atoms with Gasteiger partial charge in [0.25, 0.3) is 0 Å². The average molecular weight is 329 g/mol. The van der Waals surface area contributed by atoms with Crippen LogP contribution in [0.5, 0.6) is 0 Å². The van der Waals surface area contributed by atoms with Crippen LogP contribution in [0.1, 0.15) is 44.6 Å². The first kappa shape index (κ1) is 16.8. The molecule has 0 aliphatic carbocycles. The highest BCUT2D eigenvalue weighted by Crippen LogP contribution is 2.30. The molecule has 0 bridgehead atoms. The molecule has 0 spiro atoms. The lowest BCUT2D eigenvalue weighted by Crippen LogP contribution is -2.27. The Balaban J connectivity index is 2.03. The van der Waals surface area contributed by atoms with Crippen molar-refractivity contribution in [1.82, 2.24) is 0 Å². The SMILES string of the molecule is CCCCCCC1(/C=C/c2ccc(Cl)cc2Cl)OCCO1. The van der Waals surface area contributed by atoms with Gasteiger partial charge in [0.2, 0.25) is 0 Å². The van der Waals surface area contributed by atoms with E-state index < -0.39 is 5.79 Å². The third kappa shape index (κ3) is 5.00. The first-order chi connectivity index (χ1) is 10.2. The topological polar surface area (TPSA) is 18.5 Å². The summed E-state index contributed by atoms with van der Waals surface area (Å²) in [6, 6.07) is 5.48. The van der Waals surface area contributed by atoms with E-state index in [0.29, 0.717) is 23.3 Å². The van der Waals surface area contributed by atoms with Gasteiger partial charge in [0.05, 0.1) is 13.2 Å². The first-order valence-corrected chi connectivity index (χ1v) is 8.33. The maximum Gasteiger partial charge on any atom is 0.188 e. The summed E-state index contributed by atoms with van der Waals surface area (Å²) in [5, 5.41) is 1.28. The van der Waals surface area contributed by atoms with Gasteiger partial charge in [-0.1, -0.05) is 61.5 Å². The van der Waals surface area contributed by atoms with E-state index in [1.807, 2.05) is 24.3 Å². The third-order valence-electron chi connectivity index (χ3n) is 3.63. The fraction of sp³-hybridized carbons (Fsp3) is 0.529. The maximum atomic E-state index is 6.19. The molecule has 21 heavy (non-hydrogen) atoms. The molecule has 0 N–H and O–H groups in total. The normalized spacial score (nSPS) is 17.7. The zero-order valence-corrected chi connectivity index (χ0v) is 13.9. The van der Waals surface area contributed by atoms with Crippen molar-refractivity contribution >= 4 is 29.3 Å². The molecule has 1 heterocycles. The van der Waals surface area contributed by atoms with E-state index in [-0.39, 0.29) is 0 Å². The van der Waals surface area contributed by atoms with Gasteiger partial charge in [-0.3, -0.25) is 0 Å². The zero-order valence-electron chi connectivity index (χ0n) is 12.4. The lowest BCUT2D eigenvalue weighted by Gasteiger charge is -2.23. The maximum absolute atomic E-state index is 6.19. The zero-order chi connectivity index (χ0) is 15.1. The molecule has 1 saturated heterocycles. The minimum atomic E-state index is -0.587. The van der Waals surface area contributed by atoms with Crippen LogP contribution in [0.3, 0.4) is 0 Å². The van der Waals surface area contributed by atoms with Crippen LogP contribution in [0.15, 0.2) is 24.3 Å². The first-order valence-electron chi connectivity index (χ1n) is 7.57.